The number of likely N-dealkylation sites (N-methyl/N-ethyl adjacent to an activating group) is 2. The number of nitrogens with two attached hydrogens (primary N) is 1. The third-order valence-corrected chi connectivity index (χ3v) is 5.47. The van der Waals surface area contributed by atoms with Gasteiger partial charge >= 0.3 is 0 Å². The van der Waals surface area contributed by atoms with Gasteiger partial charge in [0.1, 0.15) is 0 Å². The Bertz CT molecular complexity index is 448. The maximum Gasteiger partial charge on any atom is 0.0344 e. The quantitative estimate of drug-likeness (QED) is 0.883. The molecule has 0 aliphatic carbocycles. The molecular formula is C17H28BrN3. The number of hydrogen-bond acceptors (Lipinski definition) is 3. The summed E-state index contributed by atoms with van der Waals surface area (Å²) in [5, 5.41) is 0. The molecule has 3 nitrogen and oxygen atoms in total. The minimum absolute atomic E-state index is 0.0106. The summed E-state index contributed by atoms with van der Waals surface area (Å²) in [5.41, 5.74) is 7.52. The number of nitrogens with zero attached hydrogens (tertiary/aromatic N) is 2. The van der Waals surface area contributed by atoms with Gasteiger partial charge in [-0.05, 0) is 64.5 Å². The first-order valence-corrected chi connectivity index (χ1v) is 8.60. The lowest BCUT2D eigenvalue weighted by molar-refractivity contribution is 0.0487. The van der Waals surface area contributed by atoms with Crippen molar-refractivity contribution in [1.82, 2.24) is 9.80 Å². The zero-order chi connectivity index (χ0) is 15.5. The van der Waals surface area contributed by atoms with Gasteiger partial charge in [0.2, 0.25) is 0 Å². The van der Waals surface area contributed by atoms with E-state index in [2.05, 4.69) is 71.0 Å². The molecule has 2 unspecified atom stereocenters. The van der Waals surface area contributed by atoms with Crippen molar-refractivity contribution in [3.8, 4) is 0 Å². The highest BCUT2D eigenvalue weighted by Crippen LogP contribution is 2.25. The van der Waals surface area contributed by atoms with Crippen molar-refractivity contribution in [2.45, 2.75) is 37.8 Å². The number of rotatable bonds is 5. The summed E-state index contributed by atoms with van der Waals surface area (Å²) in [6.07, 6.45) is 3.55. The van der Waals surface area contributed by atoms with Crippen LogP contribution in [-0.4, -0.2) is 55.1 Å². The van der Waals surface area contributed by atoms with Crippen molar-refractivity contribution in [2.75, 3.05) is 33.7 Å². The Morgan fingerprint density at radius 3 is 2.62 bits per heavy atom. The Kier molecular flexibility index (Phi) is 5.83. The Hall–Kier alpha value is -0.420. The van der Waals surface area contributed by atoms with Crippen LogP contribution in [0.3, 0.4) is 0 Å². The van der Waals surface area contributed by atoms with Gasteiger partial charge < -0.3 is 10.6 Å². The maximum absolute atomic E-state index is 6.16. The van der Waals surface area contributed by atoms with Crippen LogP contribution >= 0.6 is 15.9 Å². The van der Waals surface area contributed by atoms with Crippen molar-refractivity contribution in [1.29, 1.82) is 0 Å². The van der Waals surface area contributed by atoms with E-state index in [0.717, 1.165) is 17.4 Å². The molecule has 0 radical (unpaired) electrons. The normalized spacial score (nSPS) is 23.2. The number of likely N-dealkylation sites (tertiary alicyclic amines) is 1. The Morgan fingerprint density at radius 1 is 1.38 bits per heavy atom. The SMILES string of the molecule is CN1CCCC(N(C)C(C)(CN)Cc2ccc(Br)cc2)C1. The first kappa shape index (κ1) is 16.9. The number of piperidine rings is 1. The summed E-state index contributed by atoms with van der Waals surface area (Å²) in [5.74, 6) is 0. The average Bonchev–Trinajstić information content (AvgIpc) is 2.48. The lowest BCUT2D eigenvalue weighted by atomic mass is 9.88. The summed E-state index contributed by atoms with van der Waals surface area (Å²) in [6, 6.07) is 9.21. The van der Waals surface area contributed by atoms with E-state index in [9.17, 15) is 0 Å². The monoisotopic (exact) mass is 353 g/mol. The van der Waals surface area contributed by atoms with Gasteiger partial charge in [0.15, 0.2) is 0 Å². The van der Waals surface area contributed by atoms with Crippen LogP contribution in [0.4, 0.5) is 0 Å². The van der Waals surface area contributed by atoms with Gasteiger partial charge in [-0.1, -0.05) is 28.1 Å². The van der Waals surface area contributed by atoms with Crippen LogP contribution in [0.15, 0.2) is 28.7 Å². The highest BCUT2D eigenvalue weighted by Gasteiger charge is 2.34. The van der Waals surface area contributed by atoms with Gasteiger partial charge in [0.25, 0.3) is 0 Å². The van der Waals surface area contributed by atoms with Gasteiger partial charge in [0, 0.05) is 29.1 Å². The molecule has 1 aliphatic rings. The van der Waals surface area contributed by atoms with Crippen LogP contribution < -0.4 is 5.73 Å². The molecule has 0 bridgehead atoms. The molecule has 1 fully saturated rings. The lowest BCUT2D eigenvalue weighted by Crippen LogP contribution is -2.58. The second-order valence-corrected chi connectivity index (χ2v) is 7.59. The van der Waals surface area contributed by atoms with Crippen molar-refractivity contribution in [3.63, 3.8) is 0 Å². The fourth-order valence-corrected chi connectivity index (χ4v) is 3.54. The van der Waals surface area contributed by atoms with E-state index in [1.54, 1.807) is 0 Å². The standard InChI is InChI=1S/C17H28BrN3/c1-17(13-19,11-14-6-8-15(18)9-7-14)21(3)16-5-4-10-20(2)12-16/h6-9,16H,4-5,10-13,19H2,1-3H3. The minimum atomic E-state index is 0.0106. The predicted octanol–water partition coefficient (Wildman–Crippen LogP) is 2.74. The Balaban J connectivity index is 2.09. The zero-order valence-electron chi connectivity index (χ0n) is 13.5. The van der Waals surface area contributed by atoms with E-state index >= 15 is 0 Å². The molecule has 0 amide bonds. The highest BCUT2D eigenvalue weighted by molar-refractivity contribution is 9.10. The molecule has 2 rings (SSSR count). The molecule has 118 valence electrons. The second-order valence-electron chi connectivity index (χ2n) is 6.67. The zero-order valence-corrected chi connectivity index (χ0v) is 15.1. The molecule has 0 saturated carbocycles. The number of halogens is 1. The first-order valence-electron chi connectivity index (χ1n) is 7.80. The molecule has 1 heterocycles. The van der Waals surface area contributed by atoms with E-state index in [1.807, 2.05) is 0 Å². The van der Waals surface area contributed by atoms with Crippen molar-refractivity contribution < 1.29 is 0 Å². The van der Waals surface area contributed by atoms with Gasteiger partial charge in [-0.3, -0.25) is 4.90 Å². The van der Waals surface area contributed by atoms with Crippen LogP contribution in [0.5, 0.6) is 0 Å². The molecule has 4 heteroatoms. The third-order valence-electron chi connectivity index (χ3n) is 4.94. The fraction of sp³-hybridized carbons (Fsp3) is 0.647. The molecule has 1 aromatic rings. The molecule has 1 aliphatic heterocycles. The lowest BCUT2D eigenvalue weighted by Gasteiger charge is -2.46. The van der Waals surface area contributed by atoms with Crippen molar-refractivity contribution in [3.05, 3.63) is 34.3 Å². The maximum atomic E-state index is 6.16. The van der Waals surface area contributed by atoms with E-state index in [-0.39, 0.29) is 5.54 Å². The molecule has 2 atom stereocenters. The van der Waals surface area contributed by atoms with Crippen molar-refractivity contribution in [2.24, 2.45) is 5.73 Å². The van der Waals surface area contributed by atoms with Crippen LogP contribution in [0.25, 0.3) is 0 Å². The van der Waals surface area contributed by atoms with E-state index in [4.69, 9.17) is 5.73 Å². The summed E-state index contributed by atoms with van der Waals surface area (Å²) in [7, 11) is 4.46. The number of benzene rings is 1. The Morgan fingerprint density at radius 2 is 2.05 bits per heavy atom. The van der Waals surface area contributed by atoms with Crippen LogP contribution in [0.2, 0.25) is 0 Å². The third kappa shape index (κ3) is 4.28. The minimum Gasteiger partial charge on any atom is -0.329 e. The van der Waals surface area contributed by atoms with Crippen LogP contribution in [-0.2, 0) is 6.42 Å². The molecular weight excluding hydrogens is 326 g/mol. The number of hydrogen-bond donors (Lipinski definition) is 1. The van der Waals surface area contributed by atoms with Gasteiger partial charge in [0.05, 0.1) is 0 Å². The van der Waals surface area contributed by atoms with E-state index in [1.165, 1.54) is 24.9 Å². The summed E-state index contributed by atoms with van der Waals surface area (Å²) in [4.78, 5) is 4.95. The molecule has 0 spiro atoms. The molecule has 1 saturated heterocycles. The van der Waals surface area contributed by atoms with Gasteiger partial charge in [-0.2, -0.15) is 0 Å². The molecule has 1 aromatic carbocycles. The smallest absolute Gasteiger partial charge is 0.0344 e. The second kappa shape index (κ2) is 7.23. The Labute approximate surface area is 137 Å². The van der Waals surface area contributed by atoms with Gasteiger partial charge in [-0.15, -0.1) is 0 Å². The first-order chi connectivity index (χ1) is 9.94. The van der Waals surface area contributed by atoms with Crippen LogP contribution in [0, 0.1) is 0 Å². The predicted molar refractivity (Wildman–Crippen MR) is 93.6 cm³/mol. The largest absolute Gasteiger partial charge is 0.329 e. The topological polar surface area (TPSA) is 32.5 Å². The molecule has 21 heavy (non-hydrogen) atoms. The average molecular weight is 354 g/mol. The van der Waals surface area contributed by atoms with Crippen LogP contribution in [0.1, 0.15) is 25.3 Å². The summed E-state index contributed by atoms with van der Waals surface area (Å²) >= 11 is 3.50. The van der Waals surface area contributed by atoms with E-state index < -0.39 is 0 Å². The summed E-state index contributed by atoms with van der Waals surface area (Å²) in [6.45, 7) is 5.34. The van der Waals surface area contributed by atoms with Gasteiger partial charge in [-0.25, -0.2) is 0 Å². The summed E-state index contributed by atoms with van der Waals surface area (Å²) < 4.78 is 1.13. The molecule has 2 N–H and O–H groups in total. The van der Waals surface area contributed by atoms with E-state index in [0.29, 0.717) is 12.6 Å². The molecule has 0 aromatic heterocycles. The highest BCUT2D eigenvalue weighted by atomic mass is 79.9. The fourth-order valence-electron chi connectivity index (χ4n) is 3.28. The van der Waals surface area contributed by atoms with Crippen molar-refractivity contribution >= 4 is 15.9 Å².